The number of rotatable bonds is 5. The molecule has 2 aliphatic rings. The molecule has 0 aromatic carbocycles. The van der Waals surface area contributed by atoms with Gasteiger partial charge in [-0.25, -0.2) is 4.79 Å². The molecular formula is C20H30N2O3. The zero-order valence-electron chi connectivity index (χ0n) is 15.9. The van der Waals surface area contributed by atoms with E-state index in [4.69, 9.17) is 4.74 Å². The van der Waals surface area contributed by atoms with Gasteiger partial charge in [0, 0.05) is 25.4 Å². The molecule has 1 atom stereocenters. The second-order valence-corrected chi connectivity index (χ2v) is 7.75. The highest BCUT2D eigenvalue weighted by Gasteiger charge is 2.39. The number of likely N-dealkylation sites (tertiary alicyclic amines) is 1. The molecule has 1 unspecified atom stereocenters. The van der Waals surface area contributed by atoms with Crippen LogP contribution in [0.3, 0.4) is 0 Å². The normalized spacial score (nSPS) is 24.6. The summed E-state index contributed by atoms with van der Waals surface area (Å²) in [4.78, 5) is 31.6. The molecule has 2 aliphatic heterocycles. The Morgan fingerprint density at radius 3 is 2.72 bits per heavy atom. The van der Waals surface area contributed by atoms with Gasteiger partial charge in [-0.2, -0.15) is 0 Å². The Bertz CT molecular complexity index is 585. The second-order valence-electron chi connectivity index (χ2n) is 7.75. The molecule has 1 amide bonds. The van der Waals surface area contributed by atoms with Crippen molar-refractivity contribution < 1.29 is 14.3 Å². The summed E-state index contributed by atoms with van der Waals surface area (Å²) in [6.07, 6.45) is 12.2. The summed E-state index contributed by atoms with van der Waals surface area (Å²) in [5, 5.41) is 0. The number of nitrogens with zero attached hydrogens (tertiary/aromatic N) is 2. The summed E-state index contributed by atoms with van der Waals surface area (Å²) in [6, 6.07) is 0. The number of aliphatic imine (C=N–C) groups is 1. The predicted molar refractivity (Wildman–Crippen MR) is 99.4 cm³/mol. The van der Waals surface area contributed by atoms with Gasteiger partial charge in [-0.15, -0.1) is 0 Å². The van der Waals surface area contributed by atoms with Crippen LogP contribution in [0.1, 0.15) is 66.2 Å². The van der Waals surface area contributed by atoms with Gasteiger partial charge in [0.2, 0.25) is 5.91 Å². The van der Waals surface area contributed by atoms with Crippen molar-refractivity contribution in [3.8, 4) is 0 Å². The van der Waals surface area contributed by atoms with Crippen LogP contribution >= 0.6 is 0 Å². The van der Waals surface area contributed by atoms with Gasteiger partial charge in [0.05, 0.1) is 5.57 Å². The average molecular weight is 346 g/mol. The molecule has 0 radical (unpaired) electrons. The van der Waals surface area contributed by atoms with E-state index in [1.165, 1.54) is 0 Å². The average Bonchev–Trinajstić information content (AvgIpc) is 2.88. The van der Waals surface area contributed by atoms with Crippen molar-refractivity contribution in [2.24, 2.45) is 4.99 Å². The van der Waals surface area contributed by atoms with E-state index < -0.39 is 17.1 Å². The molecular weight excluding hydrogens is 316 g/mol. The van der Waals surface area contributed by atoms with E-state index >= 15 is 0 Å². The molecule has 0 aromatic rings. The Balaban J connectivity index is 2.42. The monoisotopic (exact) mass is 346 g/mol. The van der Waals surface area contributed by atoms with Crippen LogP contribution in [0.5, 0.6) is 0 Å². The maximum absolute atomic E-state index is 13.0. The first kappa shape index (κ1) is 19.4. The van der Waals surface area contributed by atoms with Crippen LogP contribution in [-0.4, -0.2) is 40.7 Å². The van der Waals surface area contributed by atoms with Gasteiger partial charge >= 0.3 is 5.97 Å². The van der Waals surface area contributed by atoms with Crippen molar-refractivity contribution in [2.45, 2.75) is 77.4 Å². The van der Waals surface area contributed by atoms with E-state index in [0.29, 0.717) is 25.0 Å². The van der Waals surface area contributed by atoms with Crippen LogP contribution < -0.4 is 0 Å². The lowest BCUT2D eigenvalue weighted by atomic mass is 9.86. The summed E-state index contributed by atoms with van der Waals surface area (Å²) < 4.78 is 5.64. The summed E-state index contributed by atoms with van der Waals surface area (Å²) in [7, 11) is 0. The Morgan fingerprint density at radius 1 is 1.36 bits per heavy atom. The molecule has 0 spiro atoms. The lowest BCUT2D eigenvalue weighted by Gasteiger charge is -2.30. The summed E-state index contributed by atoms with van der Waals surface area (Å²) in [6.45, 7) is 8.24. The fourth-order valence-electron chi connectivity index (χ4n) is 3.21. The minimum absolute atomic E-state index is 0.0659. The van der Waals surface area contributed by atoms with Crippen molar-refractivity contribution in [2.75, 3.05) is 6.54 Å². The second kappa shape index (κ2) is 7.98. The molecule has 5 nitrogen and oxygen atoms in total. The summed E-state index contributed by atoms with van der Waals surface area (Å²) in [5.41, 5.74) is -0.883. The number of amides is 1. The van der Waals surface area contributed by atoms with Gasteiger partial charge in [-0.05, 0) is 46.1 Å². The van der Waals surface area contributed by atoms with Crippen LogP contribution in [0, 0.1) is 0 Å². The standard InChI is InChI=1S/C20H30N2O3/c1-5-11-20(12-9-13-21-20)16(18(24)25-19(2,3)4)15-22-14-8-6-7-10-17(22)23/h9,12-13,15H,5-8,10-11,14H2,1-4H3. The number of ether oxygens (including phenoxy) is 1. The number of esters is 1. The van der Waals surface area contributed by atoms with Crippen molar-refractivity contribution in [1.29, 1.82) is 0 Å². The highest BCUT2D eigenvalue weighted by atomic mass is 16.6. The number of hydrogen-bond acceptors (Lipinski definition) is 4. The Kier molecular flexibility index (Phi) is 6.20. The van der Waals surface area contributed by atoms with Crippen molar-refractivity contribution in [3.63, 3.8) is 0 Å². The third-order valence-corrected chi connectivity index (χ3v) is 4.37. The lowest BCUT2D eigenvalue weighted by Crippen LogP contribution is -2.37. The molecule has 2 heterocycles. The van der Waals surface area contributed by atoms with Gasteiger partial charge in [-0.1, -0.05) is 25.8 Å². The SMILES string of the molecule is CCCC1(C(=CN2CCCCCC2=O)C(=O)OC(C)(C)C)C=CC=N1. The van der Waals surface area contributed by atoms with Crippen molar-refractivity contribution >= 4 is 18.1 Å². The smallest absolute Gasteiger partial charge is 0.338 e. The van der Waals surface area contributed by atoms with E-state index in [1.807, 2.05) is 32.9 Å². The molecule has 0 N–H and O–H groups in total. The van der Waals surface area contributed by atoms with Crippen LogP contribution in [0.2, 0.25) is 0 Å². The van der Waals surface area contributed by atoms with Crippen LogP contribution in [0.4, 0.5) is 0 Å². The highest BCUT2D eigenvalue weighted by molar-refractivity contribution is 5.95. The van der Waals surface area contributed by atoms with Crippen LogP contribution in [0.15, 0.2) is 28.9 Å². The molecule has 0 aliphatic carbocycles. The predicted octanol–water partition coefficient (Wildman–Crippen LogP) is 3.79. The molecule has 25 heavy (non-hydrogen) atoms. The molecule has 0 bridgehead atoms. The number of hydrogen-bond donors (Lipinski definition) is 0. The van der Waals surface area contributed by atoms with Gasteiger partial charge in [0.1, 0.15) is 11.1 Å². The zero-order chi connectivity index (χ0) is 18.5. The summed E-state index contributed by atoms with van der Waals surface area (Å²) >= 11 is 0. The Morgan fingerprint density at radius 2 is 2.12 bits per heavy atom. The number of carbonyl (C=O) groups is 2. The summed E-state index contributed by atoms with van der Waals surface area (Å²) in [5.74, 6) is -0.335. The fourth-order valence-corrected chi connectivity index (χ4v) is 3.21. The fraction of sp³-hybridized carbons (Fsp3) is 0.650. The van der Waals surface area contributed by atoms with Crippen LogP contribution in [0.25, 0.3) is 0 Å². The maximum atomic E-state index is 13.0. The van der Waals surface area contributed by atoms with Crippen LogP contribution in [-0.2, 0) is 14.3 Å². The van der Waals surface area contributed by atoms with E-state index in [-0.39, 0.29) is 5.91 Å². The quantitative estimate of drug-likeness (QED) is 0.562. The maximum Gasteiger partial charge on any atom is 0.338 e. The molecule has 1 fully saturated rings. The van der Waals surface area contributed by atoms with Crippen molar-refractivity contribution in [3.05, 3.63) is 23.9 Å². The Labute approximate surface area is 150 Å². The first-order valence-electron chi connectivity index (χ1n) is 9.25. The highest BCUT2D eigenvalue weighted by Crippen LogP contribution is 2.34. The molecule has 0 aromatic heterocycles. The minimum Gasteiger partial charge on any atom is -0.456 e. The number of carbonyl (C=O) groups excluding carboxylic acids is 2. The van der Waals surface area contributed by atoms with Gasteiger partial charge in [0.25, 0.3) is 0 Å². The molecule has 2 rings (SSSR count). The number of allylic oxidation sites excluding steroid dienone is 1. The molecule has 5 heteroatoms. The zero-order valence-corrected chi connectivity index (χ0v) is 15.9. The topological polar surface area (TPSA) is 59.0 Å². The Hall–Kier alpha value is -1.91. The van der Waals surface area contributed by atoms with E-state index in [1.54, 1.807) is 17.3 Å². The van der Waals surface area contributed by atoms with E-state index in [2.05, 4.69) is 11.9 Å². The first-order chi connectivity index (χ1) is 11.8. The first-order valence-corrected chi connectivity index (χ1v) is 9.25. The molecule has 0 saturated carbocycles. The molecule has 138 valence electrons. The van der Waals surface area contributed by atoms with Gasteiger partial charge in [-0.3, -0.25) is 9.79 Å². The van der Waals surface area contributed by atoms with E-state index in [9.17, 15) is 9.59 Å². The molecule has 1 saturated heterocycles. The third kappa shape index (κ3) is 5.03. The van der Waals surface area contributed by atoms with Gasteiger partial charge in [0.15, 0.2) is 0 Å². The largest absolute Gasteiger partial charge is 0.456 e. The van der Waals surface area contributed by atoms with E-state index in [0.717, 1.165) is 25.7 Å². The third-order valence-electron chi connectivity index (χ3n) is 4.37. The van der Waals surface area contributed by atoms with Crippen molar-refractivity contribution in [1.82, 2.24) is 4.90 Å². The van der Waals surface area contributed by atoms with Gasteiger partial charge < -0.3 is 9.64 Å². The lowest BCUT2D eigenvalue weighted by molar-refractivity contribution is -0.150. The minimum atomic E-state index is -0.732.